The van der Waals surface area contributed by atoms with Crippen molar-refractivity contribution in [2.45, 2.75) is 65.4 Å². The molecular formula is C12H24O. The monoisotopic (exact) mass is 184 g/mol. The van der Waals surface area contributed by atoms with Gasteiger partial charge in [-0.2, -0.15) is 0 Å². The van der Waals surface area contributed by atoms with Crippen molar-refractivity contribution in [2.24, 2.45) is 11.3 Å². The Hall–Kier alpha value is -0.0400. The van der Waals surface area contributed by atoms with Crippen LogP contribution in [0.3, 0.4) is 0 Å². The molecule has 0 aromatic rings. The number of aliphatic hydroxyl groups is 1. The van der Waals surface area contributed by atoms with E-state index in [4.69, 9.17) is 0 Å². The lowest BCUT2D eigenvalue weighted by molar-refractivity contribution is 0.124. The van der Waals surface area contributed by atoms with E-state index in [1.54, 1.807) is 0 Å². The van der Waals surface area contributed by atoms with Gasteiger partial charge in [0.2, 0.25) is 0 Å². The summed E-state index contributed by atoms with van der Waals surface area (Å²) in [7, 11) is 0. The predicted octanol–water partition coefficient (Wildman–Crippen LogP) is 3.36. The van der Waals surface area contributed by atoms with E-state index in [0.717, 1.165) is 6.42 Å². The van der Waals surface area contributed by atoms with Gasteiger partial charge >= 0.3 is 0 Å². The average molecular weight is 184 g/mol. The van der Waals surface area contributed by atoms with E-state index in [1.165, 1.54) is 32.1 Å². The smallest absolute Gasteiger partial charge is 0.0573 e. The first-order valence-electron chi connectivity index (χ1n) is 5.76. The predicted molar refractivity (Wildman–Crippen MR) is 56.7 cm³/mol. The van der Waals surface area contributed by atoms with Gasteiger partial charge in [0, 0.05) is 0 Å². The van der Waals surface area contributed by atoms with Crippen LogP contribution >= 0.6 is 0 Å². The van der Waals surface area contributed by atoms with Gasteiger partial charge in [-0.3, -0.25) is 0 Å². The first kappa shape index (κ1) is 11.0. The first-order valence-corrected chi connectivity index (χ1v) is 5.76. The third kappa shape index (κ3) is 3.30. The Morgan fingerprint density at radius 1 is 1.31 bits per heavy atom. The minimum Gasteiger partial charge on any atom is -0.393 e. The molecule has 1 nitrogen and oxygen atoms in total. The van der Waals surface area contributed by atoms with Gasteiger partial charge < -0.3 is 5.11 Å². The van der Waals surface area contributed by atoms with Crippen molar-refractivity contribution in [3.8, 4) is 0 Å². The van der Waals surface area contributed by atoms with Gasteiger partial charge in [-0.1, -0.05) is 46.5 Å². The van der Waals surface area contributed by atoms with E-state index in [2.05, 4.69) is 20.8 Å². The lowest BCUT2D eigenvalue weighted by Crippen LogP contribution is -2.12. The molecular weight excluding hydrogens is 160 g/mol. The zero-order chi connectivity index (χ0) is 9.90. The standard InChI is InChI=1S/C12H24O/c1-4-5-6-7-8-11(13)10-9-12(10,2)3/h10-11,13H,4-9H2,1-3H3. The molecule has 78 valence electrons. The number of aliphatic hydroxyl groups excluding tert-OH is 1. The second-order valence-corrected chi connectivity index (χ2v) is 5.22. The van der Waals surface area contributed by atoms with Crippen LogP contribution in [0.5, 0.6) is 0 Å². The maximum atomic E-state index is 9.82. The Balaban J connectivity index is 2.03. The molecule has 0 heterocycles. The van der Waals surface area contributed by atoms with Gasteiger partial charge in [0.25, 0.3) is 0 Å². The van der Waals surface area contributed by atoms with Gasteiger partial charge in [-0.15, -0.1) is 0 Å². The summed E-state index contributed by atoms with van der Waals surface area (Å²) in [5.74, 6) is 0.592. The molecule has 1 heteroatoms. The van der Waals surface area contributed by atoms with Gasteiger partial charge in [0.15, 0.2) is 0 Å². The summed E-state index contributed by atoms with van der Waals surface area (Å²) in [4.78, 5) is 0. The topological polar surface area (TPSA) is 20.2 Å². The highest BCUT2D eigenvalue weighted by Crippen LogP contribution is 2.54. The molecule has 1 fully saturated rings. The molecule has 1 saturated carbocycles. The highest BCUT2D eigenvalue weighted by Gasteiger charge is 2.49. The third-order valence-electron chi connectivity index (χ3n) is 3.41. The molecule has 1 aliphatic carbocycles. The van der Waals surface area contributed by atoms with E-state index in [-0.39, 0.29) is 6.10 Å². The van der Waals surface area contributed by atoms with Gasteiger partial charge in [0.1, 0.15) is 0 Å². The van der Waals surface area contributed by atoms with Crippen LogP contribution in [0.1, 0.15) is 59.3 Å². The largest absolute Gasteiger partial charge is 0.393 e. The van der Waals surface area contributed by atoms with Crippen molar-refractivity contribution in [1.82, 2.24) is 0 Å². The molecule has 13 heavy (non-hydrogen) atoms. The summed E-state index contributed by atoms with van der Waals surface area (Å²) < 4.78 is 0. The average Bonchev–Trinajstić information content (AvgIpc) is 2.69. The van der Waals surface area contributed by atoms with Crippen molar-refractivity contribution in [2.75, 3.05) is 0 Å². The Labute approximate surface area is 82.5 Å². The van der Waals surface area contributed by atoms with Crippen LogP contribution in [0.4, 0.5) is 0 Å². The normalized spacial score (nSPS) is 27.2. The van der Waals surface area contributed by atoms with Crippen LogP contribution in [-0.4, -0.2) is 11.2 Å². The second-order valence-electron chi connectivity index (χ2n) is 5.22. The van der Waals surface area contributed by atoms with Crippen molar-refractivity contribution < 1.29 is 5.11 Å². The van der Waals surface area contributed by atoms with Crippen LogP contribution in [0.2, 0.25) is 0 Å². The van der Waals surface area contributed by atoms with Crippen LogP contribution in [-0.2, 0) is 0 Å². The maximum Gasteiger partial charge on any atom is 0.0573 e. The molecule has 0 spiro atoms. The van der Waals surface area contributed by atoms with Crippen molar-refractivity contribution >= 4 is 0 Å². The van der Waals surface area contributed by atoms with E-state index in [0.29, 0.717) is 11.3 Å². The summed E-state index contributed by atoms with van der Waals surface area (Å²) in [6.07, 6.45) is 7.33. The van der Waals surface area contributed by atoms with E-state index in [9.17, 15) is 5.11 Å². The molecule has 0 radical (unpaired) electrons. The molecule has 0 aliphatic heterocycles. The molecule has 0 saturated heterocycles. The summed E-state index contributed by atoms with van der Waals surface area (Å²) >= 11 is 0. The summed E-state index contributed by atoms with van der Waals surface area (Å²) in [6.45, 7) is 6.74. The SMILES string of the molecule is CCCCCCC(O)C1CC1(C)C. The highest BCUT2D eigenvalue weighted by atomic mass is 16.3. The molecule has 2 unspecified atom stereocenters. The Morgan fingerprint density at radius 2 is 1.92 bits per heavy atom. The fourth-order valence-electron chi connectivity index (χ4n) is 2.15. The van der Waals surface area contributed by atoms with Crippen molar-refractivity contribution in [3.63, 3.8) is 0 Å². The number of rotatable bonds is 6. The van der Waals surface area contributed by atoms with Gasteiger partial charge in [-0.05, 0) is 24.2 Å². The Bertz CT molecular complexity index is 151. The summed E-state index contributed by atoms with van der Waals surface area (Å²) in [5, 5.41) is 9.82. The number of hydrogen-bond acceptors (Lipinski definition) is 1. The van der Waals surface area contributed by atoms with Crippen LogP contribution in [0.25, 0.3) is 0 Å². The molecule has 0 bridgehead atoms. The van der Waals surface area contributed by atoms with Gasteiger partial charge in [0.05, 0.1) is 6.10 Å². The summed E-state index contributed by atoms with van der Waals surface area (Å²) in [5.41, 5.74) is 0.435. The highest BCUT2D eigenvalue weighted by molar-refractivity contribution is 4.98. The second kappa shape index (κ2) is 4.45. The quantitative estimate of drug-likeness (QED) is 0.627. The minimum atomic E-state index is -0.0214. The van der Waals surface area contributed by atoms with Crippen LogP contribution in [0, 0.1) is 11.3 Å². The lowest BCUT2D eigenvalue weighted by atomic mass is 10.0. The molecule has 1 aliphatic rings. The van der Waals surface area contributed by atoms with Crippen LogP contribution < -0.4 is 0 Å². The van der Waals surface area contributed by atoms with Gasteiger partial charge in [-0.25, -0.2) is 0 Å². The Morgan fingerprint density at radius 3 is 2.38 bits per heavy atom. The van der Waals surface area contributed by atoms with Crippen molar-refractivity contribution in [3.05, 3.63) is 0 Å². The fourth-order valence-corrected chi connectivity index (χ4v) is 2.15. The maximum absolute atomic E-state index is 9.82. The molecule has 2 atom stereocenters. The third-order valence-corrected chi connectivity index (χ3v) is 3.41. The van der Waals surface area contributed by atoms with E-state index >= 15 is 0 Å². The Kier molecular flexibility index (Phi) is 3.78. The molecule has 1 N–H and O–H groups in total. The fraction of sp³-hybridized carbons (Fsp3) is 1.00. The molecule has 0 amide bonds. The minimum absolute atomic E-state index is 0.0214. The van der Waals surface area contributed by atoms with Crippen molar-refractivity contribution in [1.29, 1.82) is 0 Å². The zero-order valence-corrected chi connectivity index (χ0v) is 9.34. The molecule has 1 rings (SSSR count). The summed E-state index contributed by atoms with van der Waals surface area (Å²) in [6, 6.07) is 0. The molecule has 0 aromatic carbocycles. The number of hydrogen-bond donors (Lipinski definition) is 1. The number of unbranched alkanes of at least 4 members (excludes halogenated alkanes) is 3. The zero-order valence-electron chi connectivity index (χ0n) is 9.34. The first-order chi connectivity index (χ1) is 6.08. The molecule has 0 aromatic heterocycles. The van der Waals surface area contributed by atoms with E-state index in [1.807, 2.05) is 0 Å². The van der Waals surface area contributed by atoms with E-state index < -0.39 is 0 Å². The lowest BCUT2D eigenvalue weighted by Gasteiger charge is -2.11. The van der Waals surface area contributed by atoms with Crippen LogP contribution in [0.15, 0.2) is 0 Å².